The number of nitrogens with one attached hydrogen (secondary N) is 1. The highest BCUT2D eigenvalue weighted by atomic mass is 16.4. The molecule has 0 bridgehead atoms. The molecule has 16 heavy (non-hydrogen) atoms. The first-order valence-electron chi connectivity index (χ1n) is 4.91. The number of hydrogen-bond donors (Lipinski definition) is 2. The van der Waals surface area contributed by atoms with E-state index in [1.54, 1.807) is 32.0 Å². The smallest absolute Gasteiger partial charge is 0.326 e. The van der Waals surface area contributed by atoms with E-state index in [-0.39, 0.29) is 11.6 Å². The highest BCUT2D eigenvalue weighted by molar-refractivity contribution is 5.77. The van der Waals surface area contributed by atoms with E-state index < -0.39 is 12.0 Å². The topological polar surface area (TPSA) is 86.0 Å². The van der Waals surface area contributed by atoms with Crippen LogP contribution in [0.1, 0.15) is 19.5 Å². The second-order valence-corrected chi connectivity index (χ2v) is 3.72. The largest absolute Gasteiger partial charge is 0.480 e. The number of pyridine rings is 1. The zero-order chi connectivity index (χ0) is 12.1. The van der Waals surface area contributed by atoms with Crippen molar-refractivity contribution in [2.75, 3.05) is 5.32 Å². The third kappa shape index (κ3) is 2.95. The van der Waals surface area contributed by atoms with Gasteiger partial charge >= 0.3 is 5.97 Å². The van der Waals surface area contributed by atoms with Gasteiger partial charge in [0.05, 0.1) is 0 Å². The van der Waals surface area contributed by atoms with Gasteiger partial charge in [-0.15, -0.1) is 0 Å². The predicted molar refractivity (Wildman–Crippen MR) is 58.8 cm³/mol. The average molecular weight is 219 g/mol. The van der Waals surface area contributed by atoms with Gasteiger partial charge in [-0.25, -0.2) is 9.78 Å². The zero-order valence-corrected chi connectivity index (χ0v) is 9.14. The normalized spacial score (nSPS) is 11.9. The van der Waals surface area contributed by atoms with E-state index in [1.807, 2.05) is 6.07 Å². The molecule has 1 heterocycles. The summed E-state index contributed by atoms with van der Waals surface area (Å²) in [5.41, 5.74) is 0.262. The van der Waals surface area contributed by atoms with Crippen LogP contribution in [-0.4, -0.2) is 22.1 Å². The monoisotopic (exact) mass is 219 g/mol. The summed E-state index contributed by atoms with van der Waals surface area (Å²) < 4.78 is 0. The van der Waals surface area contributed by atoms with Crippen molar-refractivity contribution in [1.29, 1.82) is 5.26 Å². The fourth-order valence-electron chi connectivity index (χ4n) is 1.25. The number of carboxylic acids is 1. The third-order valence-electron chi connectivity index (χ3n) is 2.10. The molecule has 0 aliphatic heterocycles. The van der Waals surface area contributed by atoms with Gasteiger partial charge in [0.1, 0.15) is 23.6 Å². The molecular formula is C11H13N3O2. The first-order chi connectivity index (χ1) is 7.54. The highest BCUT2D eigenvalue weighted by Gasteiger charge is 2.21. The maximum atomic E-state index is 10.9. The van der Waals surface area contributed by atoms with Crippen LogP contribution < -0.4 is 5.32 Å². The Kier molecular flexibility index (Phi) is 3.84. The quantitative estimate of drug-likeness (QED) is 0.800. The van der Waals surface area contributed by atoms with Gasteiger partial charge in [0.25, 0.3) is 0 Å². The van der Waals surface area contributed by atoms with Crippen LogP contribution in [0.2, 0.25) is 0 Å². The predicted octanol–water partition coefficient (Wildman–Crippen LogP) is 1.47. The molecule has 1 rings (SSSR count). The summed E-state index contributed by atoms with van der Waals surface area (Å²) in [7, 11) is 0. The summed E-state index contributed by atoms with van der Waals surface area (Å²) in [4.78, 5) is 14.9. The van der Waals surface area contributed by atoms with Gasteiger partial charge < -0.3 is 10.4 Å². The van der Waals surface area contributed by atoms with Crippen molar-refractivity contribution in [2.24, 2.45) is 5.92 Å². The van der Waals surface area contributed by atoms with E-state index in [0.29, 0.717) is 5.82 Å². The number of carbonyl (C=O) groups is 1. The number of aromatic nitrogens is 1. The lowest BCUT2D eigenvalue weighted by Crippen LogP contribution is -2.34. The van der Waals surface area contributed by atoms with E-state index >= 15 is 0 Å². The number of aliphatic carboxylic acids is 1. The van der Waals surface area contributed by atoms with Crippen LogP contribution in [0.4, 0.5) is 5.82 Å². The third-order valence-corrected chi connectivity index (χ3v) is 2.10. The summed E-state index contributed by atoms with van der Waals surface area (Å²) in [6.45, 7) is 3.61. The lowest BCUT2D eigenvalue weighted by atomic mass is 10.1. The average Bonchev–Trinajstić information content (AvgIpc) is 2.25. The minimum atomic E-state index is -0.931. The number of carboxylic acid groups (broad SMARTS) is 1. The number of anilines is 1. The molecule has 0 aromatic carbocycles. The van der Waals surface area contributed by atoms with Gasteiger partial charge in [0.2, 0.25) is 0 Å². The number of rotatable bonds is 4. The molecule has 0 spiro atoms. The van der Waals surface area contributed by atoms with Crippen molar-refractivity contribution in [3.8, 4) is 6.07 Å². The molecule has 5 heteroatoms. The summed E-state index contributed by atoms with van der Waals surface area (Å²) in [6, 6.07) is 6.06. The van der Waals surface area contributed by atoms with Gasteiger partial charge in [-0.3, -0.25) is 0 Å². The Morgan fingerprint density at radius 3 is 2.75 bits per heavy atom. The van der Waals surface area contributed by atoms with Crippen molar-refractivity contribution in [3.05, 3.63) is 23.9 Å². The Morgan fingerprint density at radius 1 is 1.56 bits per heavy atom. The number of nitrogens with zero attached hydrogens (tertiary/aromatic N) is 2. The maximum absolute atomic E-state index is 10.9. The van der Waals surface area contributed by atoms with Crippen LogP contribution in [0, 0.1) is 17.2 Å². The minimum absolute atomic E-state index is 0.0648. The molecule has 0 radical (unpaired) electrons. The van der Waals surface area contributed by atoms with E-state index in [4.69, 9.17) is 10.4 Å². The molecule has 1 aromatic rings. The van der Waals surface area contributed by atoms with Crippen molar-refractivity contribution in [3.63, 3.8) is 0 Å². The Morgan fingerprint density at radius 2 is 2.25 bits per heavy atom. The van der Waals surface area contributed by atoms with E-state index in [0.717, 1.165) is 0 Å². The maximum Gasteiger partial charge on any atom is 0.326 e. The van der Waals surface area contributed by atoms with Crippen LogP contribution in [0.15, 0.2) is 18.2 Å². The summed E-state index contributed by atoms with van der Waals surface area (Å²) in [6.07, 6.45) is 0. The Balaban J connectivity index is 2.86. The Labute approximate surface area is 93.7 Å². The molecule has 0 aliphatic carbocycles. The number of nitriles is 1. The standard InChI is InChI=1S/C11H13N3O2/c1-7(2)10(11(15)16)14-9-5-3-4-8(6-12)13-9/h3-5,7,10H,1-2H3,(H,13,14)(H,15,16)/t10-/m0/s1. The summed E-state index contributed by atoms with van der Waals surface area (Å²) >= 11 is 0. The second-order valence-electron chi connectivity index (χ2n) is 3.72. The van der Waals surface area contributed by atoms with Crippen LogP contribution in [0.3, 0.4) is 0 Å². The highest BCUT2D eigenvalue weighted by Crippen LogP contribution is 2.11. The summed E-state index contributed by atoms with van der Waals surface area (Å²) in [5, 5.41) is 20.4. The van der Waals surface area contributed by atoms with Crippen LogP contribution in [-0.2, 0) is 4.79 Å². The molecule has 0 saturated heterocycles. The number of hydrogen-bond acceptors (Lipinski definition) is 4. The van der Waals surface area contributed by atoms with E-state index in [2.05, 4.69) is 10.3 Å². The molecule has 0 saturated carbocycles. The molecule has 1 atom stereocenters. The van der Waals surface area contributed by atoms with Crippen molar-refractivity contribution in [1.82, 2.24) is 4.98 Å². The van der Waals surface area contributed by atoms with Crippen molar-refractivity contribution < 1.29 is 9.90 Å². The van der Waals surface area contributed by atoms with Gasteiger partial charge in [-0.2, -0.15) is 5.26 Å². The van der Waals surface area contributed by atoms with E-state index in [9.17, 15) is 4.79 Å². The van der Waals surface area contributed by atoms with Crippen molar-refractivity contribution >= 4 is 11.8 Å². The lowest BCUT2D eigenvalue weighted by molar-refractivity contribution is -0.138. The molecule has 84 valence electrons. The molecule has 0 fully saturated rings. The summed E-state index contributed by atoms with van der Waals surface area (Å²) in [5.74, 6) is -0.593. The minimum Gasteiger partial charge on any atom is -0.480 e. The molecule has 0 aliphatic rings. The van der Waals surface area contributed by atoms with Gasteiger partial charge in [0.15, 0.2) is 0 Å². The lowest BCUT2D eigenvalue weighted by Gasteiger charge is -2.18. The molecule has 0 amide bonds. The Hall–Kier alpha value is -2.09. The van der Waals surface area contributed by atoms with Gasteiger partial charge in [-0.05, 0) is 18.1 Å². The van der Waals surface area contributed by atoms with Gasteiger partial charge in [-0.1, -0.05) is 19.9 Å². The van der Waals surface area contributed by atoms with Gasteiger partial charge in [0, 0.05) is 0 Å². The molecule has 0 unspecified atom stereocenters. The van der Waals surface area contributed by atoms with Crippen LogP contribution >= 0.6 is 0 Å². The first kappa shape index (κ1) is 12.0. The van der Waals surface area contributed by atoms with Crippen LogP contribution in [0.25, 0.3) is 0 Å². The van der Waals surface area contributed by atoms with E-state index in [1.165, 1.54) is 0 Å². The first-order valence-corrected chi connectivity index (χ1v) is 4.91. The molecule has 5 nitrogen and oxygen atoms in total. The SMILES string of the molecule is CC(C)[C@H](Nc1cccc(C#N)n1)C(=O)O. The molecule has 2 N–H and O–H groups in total. The van der Waals surface area contributed by atoms with Crippen LogP contribution in [0.5, 0.6) is 0 Å². The van der Waals surface area contributed by atoms with Crippen molar-refractivity contribution in [2.45, 2.75) is 19.9 Å². The fraction of sp³-hybridized carbons (Fsp3) is 0.364. The fourth-order valence-corrected chi connectivity index (χ4v) is 1.25. The molecule has 1 aromatic heterocycles. The Bertz CT molecular complexity index is 423. The molecular weight excluding hydrogens is 206 g/mol. The second kappa shape index (κ2) is 5.12. The zero-order valence-electron chi connectivity index (χ0n) is 9.14.